The summed E-state index contributed by atoms with van der Waals surface area (Å²) in [6.07, 6.45) is 0. The second-order valence-electron chi connectivity index (χ2n) is 7.50. The highest BCUT2D eigenvalue weighted by Gasteiger charge is 2.26. The van der Waals surface area contributed by atoms with E-state index in [0.717, 1.165) is 5.56 Å². The van der Waals surface area contributed by atoms with Crippen molar-refractivity contribution in [2.45, 2.75) is 58.3 Å². The maximum absolute atomic E-state index is 12.5. The molecular weight excluding hydrogens is 380 g/mol. The van der Waals surface area contributed by atoms with Gasteiger partial charge in [0.25, 0.3) is 0 Å². The van der Waals surface area contributed by atoms with Crippen molar-refractivity contribution < 1.29 is 23.8 Å². The summed E-state index contributed by atoms with van der Waals surface area (Å²) in [7, 11) is 3.16. The fourth-order valence-electron chi connectivity index (χ4n) is 2.51. The molecule has 0 aliphatic rings. The summed E-state index contributed by atoms with van der Waals surface area (Å²) in [5.41, 5.74) is 0.250. The van der Waals surface area contributed by atoms with Crippen molar-refractivity contribution in [1.82, 2.24) is 10.6 Å². The van der Waals surface area contributed by atoms with Crippen LogP contribution in [0.2, 0.25) is 0 Å². The number of nitrogens with one attached hydrogen (secondary N) is 2. The number of hydrogen-bond acceptors (Lipinski definition) is 7. The number of rotatable bonds is 9. The summed E-state index contributed by atoms with van der Waals surface area (Å²) in [5.74, 6) is 0.978. The van der Waals surface area contributed by atoms with Gasteiger partial charge in [-0.25, -0.2) is 4.79 Å². The van der Waals surface area contributed by atoms with Gasteiger partial charge < -0.3 is 19.5 Å². The van der Waals surface area contributed by atoms with E-state index in [0.29, 0.717) is 17.3 Å². The van der Waals surface area contributed by atoms with Crippen LogP contribution in [0.3, 0.4) is 0 Å². The number of esters is 1. The van der Waals surface area contributed by atoms with Crippen molar-refractivity contribution >= 4 is 24.5 Å². The van der Waals surface area contributed by atoms with Crippen LogP contribution in [0.1, 0.15) is 46.2 Å². The lowest BCUT2D eigenvalue weighted by molar-refractivity contribution is -0.158. The van der Waals surface area contributed by atoms with Crippen molar-refractivity contribution in [3.8, 4) is 11.5 Å². The van der Waals surface area contributed by atoms with Crippen LogP contribution >= 0.6 is 12.6 Å². The monoisotopic (exact) mass is 412 g/mol. The normalized spacial score (nSPS) is 14.6. The smallest absolute Gasteiger partial charge is 0.328 e. The van der Waals surface area contributed by atoms with E-state index in [-0.39, 0.29) is 11.9 Å². The lowest BCUT2D eigenvalue weighted by atomic mass is 10.1. The van der Waals surface area contributed by atoms with Crippen LogP contribution in [0.4, 0.5) is 0 Å². The molecule has 1 amide bonds. The van der Waals surface area contributed by atoms with E-state index in [4.69, 9.17) is 14.2 Å². The third-order valence-electron chi connectivity index (χ3n) is 3.96. The van der Waals surface area contributed by atoms with Gasteiger partial charge in [0.15, 0.2) is 0 Å². The minimum absolute atomic E-state index is 0.234. The van der Waals surface area contributed by atoms with Gasteiger partial charge in [0.1, 0.15) is 23.1 Å². The molecule has 1 rings (SSSR count). The van der Waals surface area contributed by atoms with Crippen molar-refractivity contribution in [2.24, 2.45) is 0 Å². The van der Waals surface area contributed by atoms with Crippen LogP contribution in [-0.4, -0.2) is 49.5 Å². The van der Waals surface area contributed by atoms with Crippen LogP contribution in [0, 0.1) is 0 Å². The van der Waals surface area contributed by atoms with Crippen LogP contribution in [0.5, 0.6) is 11.5 Å². The molecule has 2 N–H and O–H groups in total. The number of benzene rings is 1. The molecule has 0 saturated carbocycles. The molecule has 158 valence electrons. The van der Waals surface area contributed by atoms with Gasteiger partial charge in [0.2, 0.25) is 5.91 Å². The molecule has 0 fully saturated rings. The molecule has 1 aromatic carbocycles. The number of carbonyl (C=O) groups excluding carboxylic acids is 2. The quantitative estimate of drug-likeness (QED) is 0.427. The van der Waals surface area contributed by atoms with E-state index in [1.807, 2.05) is 12.1 Å². The molecule has 0 aromatic heterocycles. The lowest BCUT2D eigenvalue weighted by Crippen LogP contribution is -2.50. The van der Waals surface area contributed by atoms with E-state index < -0.39 is 23.7 Å². The van der Waals surface area contributed by atoms with E-state index in [9.17, 15) is 9.59 Å². The first kappa shape index (κ1) is 24.1. The summed E-state index contributed by atoms with van der Waals surface area (Å²) in [4.78, 5) is 24.6. The number of carbonyl (C=O) groups is 2. The molecule has 1 aromatic rings. The second-order valence-corrected chi connectivity index (χ2v) is 7.86. The summed E-state index contributed by atoms with van der Waals surface area (Å²) in [5, 5.41) is 5.90. The first-order valence-corrected chi connectivity index (χ1v) is 9.77. The van der Waals surface area contributed by atoms with Gasteiger partial charge >= 0.3 is 5.97 Å². The number of thiol groups is 1. The largest absolute Gasteiger partial charge is 0.497 e. The molecule has 0 saturated heterocycles. The molecule has 7 nitrogen and oxygen atoms in total. The Hall–Kier alpha value is -1.93. The zero-order valence-corrected chi connectivity index (χ0v) is 18.6. The Morgan fingerprint density at radius 1 is 1.11 bits per heavy atom. The predicted octanol–water partition coefficient (Wildman–Crippen LogP) is 2.50. The Balaban J connectivity index is 2.79. The van der Waals surface area contributed by atoms with Crippen LogP contribution in [0.15, 0.2) is 18.2 Å². The standard InChI is InChI=1S/C20H32N2O5S/c1-12(18(23)22-13(2)19(24)27-20(3,4)5)21-16(11-28)15-9-8-14(25-6)10-17(15)26-7/h8-10,12-13,16,21,28H,11H2,1-7H3,(H,22,23)/t12-,13-,16-/m0/s1. The molecule has 0 aliphatic heterocycles. The topological polar surface area (TPSA) is 85.9 Å². The first-order chi connectivity index (χ1) is 13.0. The minimum atomic E-state index is -0.749. The number of hydrogen-bond donors (Lipinski definition) is 3. The van der Waals surface area contributed by atoms with Gasteiger partial charge in [-0.15, -0.1) is 0 Å². The fraction of sp³-hybridized carbons (Fsp3) is 0.600. The van der Waals surface area contributed by atoms with Gasteiger partial charge in [0.05, 0.1) is 20.3 Å². The average molecular weight is 413 g/mol. The average Bonchev–Trinajstić information content (AvgIpc) is 2.63. The zero-order valence-electron chi connectivity index (χ0n) is 17.7. The highest BCUT2D eigenvalue weighted by atomic mass is 32.1. The highest BCUT2D eigenvalue weighted by molar-refractivity contribution is 7.80. The Morgan fingerprint density at radius 2 is 1.75 bits per heavy atom. The number of methoxy groups -OCH3 is 2. The first-order valence-electron chi connectivity index (χ1n) is 9.14. The molecule has 0 bridgehead atoms. The third kappa shape index (κ3) is 7.24. The SMILES string of the molecule is COc1ccc([C@H](CS)N[C@@H](C)C(=O)N[C@@H](C)C(=O)OC(C)(C)C)c(OC)c1. The van der Waals surface area contributed by atoms with Crippen molar-refractivity contribution in [3.63, 3.8) is 0 Å². The van der Waals surface area contributed by atoms with Crippen molar-refractivity contribution in [2.75, 3.05) is 20.0 Å². The summed E-state index contributed by atoms with van der Waals surface area (Å²) in [6, 6.07) is 3.93. The minimum Gasteiger partial charge on any atom is -0.497 e. The molecule has 0 heterocycles. The predicted molar refractivity (Wildman–Crippen MR) is 112 cm³/mol. The maximum Gasteiger partial charge on any atom is 0.328 e. The molecule has 0 aliphatic carbocycles. The maximum atomic E-state index is 12.5. The van der Waals surface area contributed by atoms with Gasteiger partial charge in [-0.2, -0.15) is 12.6 Å². The Bertz CT molecular complexity index is 675. The van der Waals surface area contributed by atoms with E-state index >= 15 is 0 Å². The zero-order chi connectivity index (χ0) is 21.5. The highest BCUT2D eigenvalue weighted by Crippen LogP contribution is 2.30. The second kappa shape index (κ2) is 10.6. The molecular formula is C20H32N2O5S. The summed E-state index contributed by atoms with van der Waals surface area (Å²) >= 11 is 4.40. The lowest BCUT2D eigenvalue weighted by Gasteiger charge is -2.26. The Labute approximate surface area is 172 Å². The molecule has 0 spiro atoms. The van der Waals surface area contributed by atoms with Crippen LogP contribution in [-0.2, 0) is 14.3 Å². The Morgan fingerprint density at radius 3 is 2.25 bits per heavy atom. The molecule has 28 heavy (non-hydrogen) atoms. The van der Waals surface area contributed by atoms with Gasteiger partial charge in [-0.05, 0) is 40.7 Å². The van der Waals surface area contributed by atoms with E-state index in [1.165, 1.54) is 0 Å². The fourth-order valence-corrected chi connectivity index (χ4v) is 2.81. The molecule has 3 atom stereocenters. The molecule has 8 heteroatoms. The van der Waals surface area contributed by atoms with Crippen molar-refractivity contribution in [3.05, 3.63) is 23.8 Å². The summed E-state index contributed by atoms with van der Waals surface area (Å²) in [6.45, 7) is 8.67. The Kier molecular flexibility index (Phi) is 9.10. The van der Waals surface area contributed by atoms with Crippen LogP contribution in [0.25, 0.3) is 0 Å². The third-order valence-corrected chi connectivity index (χ3v) is 4.33. The van der Waals surface area contributed by atoms with E-state index in [1.54, 1.807) is 54.9 Å². The van der Waals surface area contributed by atoms with Gasteiger partial charge in [-0.1, -0.05) is 6.07 Å². The van der Waals surface area contributed by atoms with Gasteiger partial charge in [0, 0.05) is 23.4 Å². The molecule has 0 radical (unpaired) electrons. The van der Waals surface area contributed by atoms with E-state index in [2.05, 4.69) is 23.3 Å². The van der Waals surface area contributed by atoms with Crippen molar-refractivity contribution in [1.29, 1.82) is 0 Å². The summed E-state index contributed by atoms with van der Waals surface area (Å²) < 4.78 is 15.9. The number of ether oxygens (including phenoxy) is 3. The number of amides is 1. The molecule has 0 unspecified atom stereocenters. The van der Waals surface area contributed by atoms with Crippen LogP contribution < -0.4 is 20.1 Å². The van der Waals surface area contributed by atoms with Gasteiger partial charge in [-0.3, -0.25) is 10.1 Å².